The zero-order chi connectivity index (χ0) is 19.2. The SMILES string of the molecule is CC(=O)Nc1ccc(Nc2ccc(C(=O)N(C)c3ccccc3)nc2)cc1. The number of benzene rings is 2. The maximum atomic E-state index is 12.5. The lowest BCUT2D eigenvalue weighted by molar-refractivity contribution is -0.114. The van der Waals surface area contributed by atoms with E-state index in [2.05, 4.69) is 15.6 Å². The smallest absolute Gasteiger partial charge is 0.276 e. The van der Waals surface area contributed by atoms with E-state index in [0.717, 1.165) is 22.7 Å². The Bertz CT molecular complexity index is 923. The van der Waals surface area contributed by atoms with Gasteiger partial charge in [-0.2, -0.15) is 0 Å². The van der Waals surface area contributed by atoms with Crippen molar-refractivity contribution in [3.63, 3.8) is 0 Å². The zero-order valence-corrected chi connectivity index (χ0v) is 15.1. The lowest BCUT2D eigenvalue weighted by Crippen LogP contribution is -2.26. The molecule has 0 radical (unpaired) electrons. The van der Waals surface area contributed by atoms with Gasteiger partial charge in [0.2, 0.25) is 5.91 Å². The number of hydrogen-bond donors (Lipinski definition) is 2. The fourth-order valence-corrected chi connectivity index (χ4v) is 2.54. The summed E-state index contributed by atoms with van der Waals surface area (Å²) in [5.74, 6) is -0.284. The Balaban J connectivity index is 1.66. The van der Waals surface area contributed by atoms with Crippen molar-refractivity contribution in [3.05, 3.63) is 78.6 Å². The van der Waals surface area contributed by atoms with Crippen LogP contribution in [0.15, 0.2) is 72.9 Å². The second-order valence-corrected chi connectivity index (χ2v) is 6.02. The number of rotatable bonds is 5. The summed E-state index contributed by atoms with van der Waals surface area (Å²) in [5.41, 5.74) is 3.53. The van der Waals surface area contributed by atoms with Crippen LogP contribution in [-0.4, -0.2) is 23.8 Å². The van der Waals surface area contributed by atoms with Gasteiger partial charge in [0.05, 0.1) is 11.9 Å². The number of carbonyl (C=O) groups excluding carboxylic acids is 2. The number of nitrogens with zero attached hydrogens (tertiary/aromatic N) is 2. The topological polar surface area (TPSA) is 74.3 Å². The molecule has 0 bridgehead atoms. The quantitative estimate of drug-likeness (QED) is 0.719. The molecule has 0 saturated carbocycles. The van der Waals surface area contributed by atoms with Crippen molar-refractivity contribution >= 4 is 34.6 Å². The van der Waals surface area contributed by atoms with Crippen molar-refractivity contribution in [2.24, 2.45) is 0 Å². The first-order valence-electron chi connectivity index (χ1n) is 8.47. The number of para-hydroxylation sites is 1. The number of carbonyl (C=O) groups is 2. The Morgan fingerprint density at radius 1 is 0.852 bits per heavy atom. The predicted octanol–water partition coefficient (Wildman–Crippen LogP) is 4.06. The number of aromatic nitrogens is 1. The average Bonchev–Trinajstić information content (AvgIpc) is 2.69. The Morgan fingerprint density at radius 2 is 1.48 bits per heavy atom. The van der Waals surface area contributed by atoms with Gasteiger partial charge >= 0.3 is 0 Å². The molecule has 2 amide bonds. The van der Waals surface area contributed by atoms with Crippen molar-refractivity contribution < 1.29 is 9.59 Å². The third-order valence-corrected chi connectivity index (χ3v) is 3.92. The number of nitrogens with one attached hydrogen (secondary N) is 2. The van der Waals surface area contributed by atoms with E-state index < -0.39 is 0 Å². The zero-order valence-electron chi connectivity index (χ0n) is 15.1. The fourth-order valence-electron chi connectivity index (χ4n) is 2.54. The second-order valence-electron chi connectivity index (χ2n) is 6.02. The molecule has 1 aromatic heterocycles. The molecule has 3 rings (SSSR count). The molecule has 0 fully saturated rings. The third kappa shape index (κ3) is 4.70. The van der Waals surface area contributed by atoms with Gasteiger partial charge in [-0.3, -0.25) is 9.59 Å². The van der Waals surface area contributed by atoms with Gasteiger partial charge in [0, 0.05) is 31.0 Å². The van der Waals surface area contributed by atoms with Gasteiger partial charge in [0.15, 0.2) is 0 Å². The molecule has 0 aliphatic rings. The molecular formula is C21H20N4O2. The van der Waals surface area contributed by atoms with Crippen LogP contribution in [0, 0.1) is 0 Å². The summed E-state index contributed by atoms with van der Waals surface area (Å²) in [5, 5.41) is 5.93. The number of pyridine rings is 1. The predicted molar refractivity (Wildman–Crippen MR) is 107 cm³/mol. The van der Waals surface area contributed by atoms with Gasteiger partial charge in [0.1, 0.15) is 5.69 Å². The van der Waals surface area contributed by atoms with Crippen molar-refractivity contribution in [1.82, 2.24) is 4.98 Å². The third-order valence-electron chi connectivity index (χ3n) is 3.92. The van der Waals surface area contributed by atoms with Gasteiger partial charge in [-0.05, 0) is 48.5 Å². The highest BCUT2D eigenvalue weighted by Crippen LogP contribution is 2.19. The first kappa shape index (κ1) is 18.1. The van der Waals surface area contributed by atoms with E-state index in [1.807, 2.05) is 54.6 Å². The maximum absolute atomic E-state index is 12.5. The first-order chi connectivity index (χ1) is 13.0. The molecule has 0 spiro atoms. The normalized spacial score (nSPS) is 10.1. The highest BCUT2D eigenvalue weighted by Gasteiger charge is 2.14. The van der Waals surface area contributed by atoms with Crippen LogP contribution in [0.3, 0.4) is 0 Å². The molecule has 0 atom stereocenters. The summed E-state index contributed by atoms with van der Waals surface area (Å²) in [7, 11) is 1.72. The summed E-state index contributed by atoms with van der Waals surface area (Å²) < 4.78 is 0. The molecule has 27 heavy (non-hydrogen) atoms. The molecule has 136 valence electrons. The Labute approximate surface area is 157 Å². The number of anilines is 4. The summed E-state index contributed by atoms with van der Waals surface area (Å²) in [4.78, 5) is 29.4. The van der Waals surface area contributed by atoms with Gasteiger partial charge in [-0.25, -0.2) is 4.98 Å². The van der Waals surface area contributed by atoms with Crippen LogP contribution in [0.5, 0.6) is 0 Å². The second kappa shape index (κ2) is 8.14. The van der Waals surface area contributed by atoms with Crippen LogP contribution < -0.4 is 15.5 Å². The van der Waals surface area contributed by atoms with Gasteiger partial charge in [-0.15, -0.1) is 0 Å². The van der Waals surface area contributed by atoms with E-state index in [4.69, 9.17) is 0 Å². The largest absolute Gasteiger partial charge is 0.354 e. The maximum Gasteiger partial charge on any atom is 0.276 e. The van der Waals surface area contributed by atoms with E-state index in [0.29, 0.717) is 5.69 Å². The van der Waals surface area contributed by atoms with Crippen molar-refractivity contribution in [3.8, 4) is 0 Å². The minimum absolute atomic E-state index is 0.111. The molecule has 3 aromatic rings. The summed E-state index contributed by atoms with van der Waals surface area (Å²) in [6, 6.07) is 20.2. The van der Waals surface area contributed by atoms with Crippen LogP contribution >= 0.6 is 0 Å². The summed E-state index contributed by atoms with van der Waals surface area (Å²) in [6.07, 6.45) is 1.62. The van der Waals surface area contributed by atoms with E-state index in [1.165, 1.54) is 6.92 Å². The number of amides is 2. The molecule has 0 unspecified atom stereocenters. The van der Waals surface area contributed by atoms with Crippen LogP contribution in [0.2, 0.25) is 0 Å². The Kier molecular flexibility index (Phi) is 5.47. The fraction of sp³-hybridized carbons (Fsp3) is 0.0952. The van der Waals surface area contributed by atoms with Crippen molar-refractivity contribution in [1.29, 1.82) is 0 Å². The first-order valence-corrected chi connectivity index (χ1v) is 8.47. The Morgan fingerprint density at radius 3 is 2.07 bits per heavy atom. The molecule has 6 nitrogen and oxygen atoms in total. The van der Waals surface area contributed by atoms with E-state index in [-0.39, 0.29) is 11.8 Å². The minimum Gasteiger partial charge on any atom is -0.354 e. The van der Waals surface area contributed by atoms with E-state index >= 15 is 0 Å². The van der Waals surface area contributed by atoms with Gasteiger partial charge < -0.3 is 15.5 Å². The highest BCUT2D eigenvalue weighted by molar-refractivity contribution is 6.04. The van der Waals surface area contributed by atoms with E-state index in [9.17, 15) is 9.59 Å². The highest BCUT2D eigenvalue weighted by atomic mass is 16.2. The van der Waals surface area contributed by atoms with Gasteiger partial charge in [0.25, 0.3) is 5.91 Å². The lowest BCUT2D eigenvalue weighted by atomic mass is 10.2. The monoisotopic (exact) mass is 360 g/mol. The molecule has 0 aliphatic carbocycles. The van der Waals surface area contributed by atoms with Crippen LogP contribution in [0.4, 0.5) is 22.7 Å². The molecule has 2 N–H and O–H groups in total. The molecule has 2 aromatic carbocycles. The minimum atomic E-state index is -0.174. The van der Waals surface area contributed by atoms with Crippen molar-refractivity contribution in [2.45, 2.75) is 6.92 Å². The molecular weight excluding hydrogens is 340 g/mol. The molecule has 6 heteroatoms. The van der Waals surface area contributed by atoms with Crippen LogP contribution in [0.1, 0.15) is 17.4 Å². The van der Waals surface area contributed by atoms with Crippen LogP contribution in [-0.2, 0) is 4.79 Å². The Hall–Kier alpha value is -3.67. The molecule has 0 aliphatic heterocycles. The van der Waals surface area contributed by atoms with Crippen LogP contribution in [0.25, 0.3) is 0 Å². The summed E-state index contributed by atoms with van der Waals surface area (Å²) >= 11 is 0. The molecule has 0 saturated heterocycles. The lowest BCUT2D eigenvalue weighted by Gasteiger charge is -2.17. The van der Waals surface area contributed by atoms with Gasteiger partial charge in [-0.1, -0.05) is 18.2 Å². The van der Waals surface area contributed by atoms with E-state index in [1.54, 1.807) is 30.3 Å². The standard InChI is InChI=1S/C21H20N4O2/c1-15(26)23-16-8-10-17(11-9-16)24-18-12-13-20(22-14-18)21(27)25(2)19-6-4-3-5-7-19/h3-14,24H,1-2H3,(H,23,26). The molecule has 1 heterocycles. The van der Waals surface area contributed by atoms with Crippen molar-refractivity contribution in [2.75, 3.05) is 22.6 Å². The number of hydrogen-bond acceptors (Lipinski definition) is 4. The average molecular weight is 360 g/mol. The summed E-state index contributed by atoms with van der Waals surface area (Å²) in [6.45, 7) is 1.47.